The molecule has 0 aromatic carbocycles. The third-order valence-corrected chi connectivity index (χ3v) is 4.17. The zero-order valence-electron chi connectivity index (χ0n) is 11.7. The number of hydrogen-bond donors (Lipinski definition) is 1. The van der Waals surface area contributed by atoms with Crippen LogP contribution in [-0.2, 0) is 13.1 Å². The number of hydrogen-bond acceptors (Lipinski definition) is 4. The molecule has 6 heteroatoms. The molecule has 5 nitrogen and oxygen atoms in total. The summed E-state index contributed by atoms with van der Waals surface area (Å²) in [6.45, 7) is -0.902. The van der Waals surface area contributed by atoms with Crippen LogP contribution in [0.4, 0.5) is 4.39 Å². The van der Waals surface area contributed by atoms with Gasteiger partial charge in [-0.25, -0.2) is 9.18 Å². The topological polar surface area (TPSA) is 76.0 Å². The lowest BCUT2D eigenvalue weighted by molar-refractivity contribution is 0.459. The van der Waals surface area contributed by atoms with E-state index in [1.54, 1.807) is 0 Å². The summed E-state index contributed by atoms with van der Waals surface area (Å²) in [5.41, 5.74) is -0.419. The Bertz CT molecular complexity index is 760. The predicted octanol–water partition coefficient (Wildman–Crippen LogP) is 2.47. The van der Waals surface area contributed by atoms with Crippen molar-refractivity contribution in [3.8, 4) is 0 Å². The molecule has 112 valence electrons. The van der Waals surface area contributed by atoms with Gasteiger partial charge in [-0.15, -0.1) is 0 Å². The fourth-order valence-corrected chi connectivity index (χ4v) is 3.11. The van der Waals surface area contributed by atoms with Gasteiger partial charge >= 0.3 is 5.63 Å². The third kappa shape index (κ3) is 2.89. The lowest BCUT2D eigenvalue weighted by Gasteiger charge is -2.09. The molecule has 1 fully saturated rings. The van der Waals surface area contributed by atoms with Crippen molar-refractivity contribution in [3.05, 3.63) is 38.2 Å². The molecule has 1 aliphatic rings. The number of nitrogens with one attached hydrogen (secondary N) is 1. The molecule has 2 aromatic heterocycles. The number of fused-ring (bicyclic) bond motifs is 1. The summed E-state index contributed by atoms with van der Waals surface area (Å²) in [5, 5.41) is 0.268. The van der Waals surface area contributed by atoms with Crippen LogP contribution in [0.15, 0.2) is 20.1 Å². The molecule has 0 aliphatic heterocycles. The summed E-state index contributed by atoms with van der Waals surface area (Å²) < 4.78 is 17.6. The van der Waals surface area contributed by atoms with E-state index in [0.29, 0.717) is 17.9 Å². The number of nitrogens with zero attached hydrogens (tertiary/aromatic N) is 1. The first-order valence-corrected chi connectivity index (χ1v) is 7.29. The van der Waals surface area contributed by atoms with Gasteiger partial charge in [0.05, 0.1) is 0 Å². The van der Waals surface area contributed by atoms with E-state index in [4.69, 9.17) is 4.42 Å². The first-order valence-electron chi connectivity index (χ1n) is 7.29. The fourth-order valence-electron chi connectivity index (χ4n) is 3.11. The van der Waals surface area contributed by atoms with Gasteiger partial charge in [-0.3, -0.25) is 4.79 Å². The van der Waals surface area contributed by atoms with Crippen LogP contribution in [0.2, 0.25) is 0 Å². The van der Waals surface area contributed by atoms with E-state index in [1.807, 2.05) is 0 Å². The smallest absolute Gasteiger partial charge is 0.337 e. The number of H-pyrrole nitrogens is 1. The minimum atomic E-state index is -0.902. The van der Waals surface area contributed by atoms with Gasteiger partial charge in [-0.2, -0.15) is 4.98 Å². The van der Waals surface area contributed by atoms with Gasteiger partial charge in [-0.05, 0) is 24.3 Å². The lowest BCUT2D eigenvalue weighted by atomic mass is 9.97. The van der Waals surface area contributed by atoms with Crippen LogP contribution < -0.4 is 11.2 Å². The van der Waals surface area contributed by atoms with Gasteiger partial charge < -0.3 is 9.40 Å². The molecule has 0 atom stereocenters. The Morgan fingerprint density at radius 2 is 2.10 bits per heavy atom. The highest BCUT2D eigenvalue weighted by atomic mass is 19.1. The average molecular weight is 292 g/mol. The molecular formula is C15H17FN2O3. The van der Waals surface area contributed by atoms with Gasteiger partial charge in [0.15, 0.2) is 0 Å². The zero-order chi connectivity index (χ0) is 14.8. The second-order valence-corrected chi connectivity index (χ2v) is 5.61. The van der Waals surface area contributed by atoms with E-state index in [2.05, 4.69) is 9.97 Å². The Hall–Kier alpha value is -1.98. The zero-order valence-corrected chi connectivity index (χ0v) is 11.7. The summed E-state index contributed by atoms with van der Waals surface area (Å²) in [4.78, 5) is 29.9. The van der Waals surface area contributed by atoms with Crippen LogP contribution in [0.5, 0.6) is 0 Å². The first kappa shape index (κ1) is 14.0. The molecule has 1 aliphatic carbocycles. The molecule has 0 saturated heterocycles. The Morgan fingerprint density at radius 3 is 2.81 bits per heavy atom. The minimum absolute atomic E-state index is 0.0691. The van der Waals surface area contributed by atoms with Crippen LogP contribution in [-0.4, -0.2) is 9.97 Å². The van der Waals surface area contributed by atoms with Crippen molar-refractivity contribution in [1.82, 2.24) is 9.97 Å². The van der Waals surface area contributed by atoms with E-state index < -0.39 is 17.9 Å². The van der Waals surface area contributed by atoms with Crippen molar-refractivity contribution in [2.75, 3.05) is 0 Å². The fraction of sp³-hybridized carbons (Fsp3) is 0.533. The van der Waals surface area contributed by atoms with Crippen molar-refractivity contribution < 1.29 is 8.81 Å². The minimum Gasteiger partial charge on any atom is -0.403 e. The Morgan fingerprint density at radius 1 is 1.33 bits per heavy atom. The molecule has 2 aromatic rings. The molecular weight excluding hydrogens is 275 g/mol. The van der Waals surface area contributed by atoms with Crippen LogP contribution in [0, 0.1) is 5.92 Å². The molecule has 0 radical (unpaired) electrons. The maximum atomic E-state index is 12.6. The molecule has 2 heterocycles. The quantitative estimate of drug-likeness (QED) is 0.939. The molecule has 0 spiro atoms. The molecule has 21 heavy (non-hydrogen) atoms. The largest absolute Gasteiger partial charge is 0.403 e. The second kappa shape index (κ2) is 5.79. The highest BCUT2D eigenvalue weighted by Gasteiger charge is 2.17. The second-order valence-electron chi connectivity index (χ2n) is 5.61. The van der Waals surface area contributed by atoms with Crippen molar-refractivity contribution in [2.24, 2.45) is 5.92 Å². The maximum absolute atomic E-state index is 12.6. The third-order valence-electron chi connectivity index (χ3n) is 4.17. The number of aromatic nitrogens is 2. The van der Waals surface area contributed by atoms with Gasteiger partial charge in [0.25, 0.3) is 5.56 Å². The van der Waals surface area contributed by atoms with Crippen LogP contribution in [0.1, 0.15) is 43.5 Å². The molecule has 0 bridgehead atoms. The SMILES string of the molecule is O=c1cc(CCC2CCCC2)c2c(=O)[nH]c(CF)nc2o1. The van der Waals surface area contributed by atoms with Gasteiger partial charge in [0, 0.05) is 6.07 Å². The van der Waals surface area contributed by atoms with Crippen molar-refractivity contribution in [2.45, 2.75) is 45.2 Å². The summed E-state index contributed by atoms with van der Waals surface area (Å²) in [6, 6.07) is 1.35. The number of rotatable bonds is 4. The summed E-state index contributed by atoms with van der Waals surface area (Å²) >= 11 is 0. The Balaban J connectivity index is 2.00. The van der Waals surface area contributed by atoms with Crippen LogP contribution >= 0.6 is 0 Å². The van der Waals surface area contributed by atoms with Gasteiger partial charge in [0.1, 0.15) is 17.9 Å². The first-order chi connectivity index (χ1) is 10.2. The highest BCUT2D eigenvalue weighted by molar-refractivity contribution is 5.75. The number of aryl methyl sites for hydroxylation is 1. The normalized spacial score (nSPS) is 15.9. The summed E-state index contributed by atoms with van der Waals surface area (Å²) in [5.74, 6) is 0.535. The Labute approximate surface area is 120 Å². The maximum Gasteiger partial charge on any atom is 0.337 e. The number of alkyl halides is 1. The van der Waals surface area contributed by atoms with Crippen LogP contribution in [0.25, 0.3) is 11.1 Å². The Kier molecular flexibility index (Phi) is 3.86. The predicted molar refractivity (Wildman–Crippen MR) is 76.0 cm³/mol. The summed E-state index contributed by atoms with van der Waals surface area (Å²) in [6.07, 6.45) is 6.52. The van der Waals surface area contributed by atoms with Crippen LogP contribution in [0.3, 0.4) is 0 Å². The highest BCUT2D eigenvalue weighted by Crippen LogP contribution is 2.29. The molecule has 0 unspecified atom stereocenters. The average Bonchev–Trinajstić information content (AvgIpc) is 2.97. The van der Waals surface area contributed by atoms with E-state index >= 15 is 0 Å². The monoisotopic (exact) mass is 292 g/mol. The van der Waals surface area contributed by atoms with Crippen molar-refractivity contribution in [3.63, 3.8) is 0 Å². The molecule has 1 saturated carbocycles. The van der Waals surface area contributed by atoms with Gasteiger partial charge in [-0.1, -0.05) is 25.7 Å². The molecule has 0 amide bonds. The van der Waals surface area contributed by atoms with E-state index in [0.717, 1.165) is 6.42 Å². The van der Waals surface area contributed by atoms with Gasteiger partial charge in [0.2, 0.25) is 5.71 Å². The molecule has 3 rings (SSSR count). The van der Waals surface area contributed by atoms with E-state index in [1.165, 1.54) is 31.7 Å². The van der Waals surface area contributed by atoms with E-state index in [9.17, 15) is 14.0 Å². The lowest BCUT2D eigenvalue weighted by Crippen LogP contribution is -2.16. The van der Waals surface area contributed by atoms with Crippen molar-refractivity contribution >= 4 is 11.1 Å². The number of aromatic amines is 1. The standard InChI is InChI=1S/C15H17FN2O3/c16-8-11-17-14(20)13-10(6-5-9-3-1-2-4-9)7-12(19)21-15(13)18-11/h7,9H,1-6,8H2,(H,17,18,20). The summed E-state index contributed by atoms with van der Waals surface area (Å²) in [7, 11) is 0. The number of halogens is 1. The molecule has 1 N–H and O–H groups in total. The van der Waals surface area contributed by atoms with E-state index in [-0.39, 0.29) is 16.9 Å². The van der Waals surface area contributed by atoms with Crippen molar-refractivity contribution in [1.29, 1.82) is 0 Å².